The Morgan fingerprint density at radius 1 is 1.22 bits per heavy atom. The van der Waals surface area contributed by atoms with E-state index in [-0.39, 0.29) is 11.7 Å². The van der Waals surface area contributed by atoms with Gasteiger partial charge in [0.1, 0.15) is 11.6 Å². The summed E-state index contributed by atoms with van der Waals surface area (Å²) < 4.78 is 7.07. The van der Waals surface area contributed by atoms with E-state index in [0.29, 0.717) is 22.3 Å². The minimum atomic E-state index is -0.123. The summed E-state index contributed by atoms with van der Waals surface area (Å²) in [6, 6.07) is 14.9. The van der Waals surface area contributed by atoms with Gasteiger partial charge in [0.2, 0.25) is 5.91 Å². The Kier molecular flexibility index (Phi) is 6.36. The zero-order chi connectivity index (χ0) is 19.2. The number of thioether (sulfide) groups is 1. The van der Waals surface area contributed by atoms with Crippen molar-refractivity contribution in [3.63, 3.8) is 0 Å². The van der Waals surface area contributed by atoms with Crippen LogP contribution in [0.4, 0.5) is 5.69 Å². The molecule has 6 nitrogen and oxygen atoms in total. The van der Waals surface area contributed by atoms with Crippen LogP contribution in [0.15, 0.2) is 53.7 Å². The summed E-state index contributed by atoms with van der Waals surface area (Å²) in [4.78, 5) is 12.1. The number of hydrogen-bond acceptors (Lipinski definition) is 5. The maximum atomic E-state index is 12.1. The number of carbonyl (C=O) groups is 1. The Labute approximate surface area is 166 Å². The van der Waals surface area contributed by atoms with E-state index < -0.39 is 0 Å². The van der Waals surface area contributed by atoms with Crippen molar-refractivity contribution in [3.8, 4) is 5.75 Å². The number of nitrogens with one attached hydrogen (secondary N) is 1. The van der Waals surface area contributed by atoms with E-state index >= 15 is 0 Å². The summed E-state index contributed by atoms with van der Waals surface area (Å²) in [5.41, 5.74) is 1.79. The average Bonchev–Trinajstić information content (AvgIpc) is 3.00. The number of rotatable bonds is 7. The molecular formula is C19H19ClN4O2S. The molecular weight excluding hydrogens is 384 g/mol. The van der Waals surface area contributed by atoms with Gasteiger partial charge in [0.15, 0.2) is 5.16 Å². The van der Waals surface area contributed by atoms with Gasteiger partial charge in [-0.1, -0.05) is 41.6 Å². The number of hydrogen-bond donors (Lipinski definition) is 1. The van der Waals surface area contributed by atoms with E-state index in [1.165, 1.54) is 11.8 Å². The monoisotopic (exact) mass is 402 g/mol. The number of carbonyl (C=O) groups excluding carboxylic acids is 1. The van der Waals surface area contributed by atoms with Gasteiger partial charge in [-0.05, 0) is 35.9 Å². The number of anilines is 1. The van der Waals surface area contributed by atoms with Crippen LogP contribution in [0.1, 0.15) is 11.4 Å². The molecule has 3 aromatic rings. The van der Waals surface area contributed by atoms with Crippen LogP contribution in [0.3, 0.4) is 0 Å². The number of methoxy groups -OCH3 is 1. The first-order chi connectivity index (χ1) is 13.0. The highest BCUT2D eigenvalue weighted by atomic mass is 35.5. The molecule has 0 spiro atoms. The van der Waals surface area contributed by atoms with Crippen molar-refractivity contribution in [1.29, 1.82) is 0 Å². The van der Waals surface area contributed by atoms with Crippen molar-refractivity contribution in [2.24, 2.45) is 7.05 Å². The van der Waals surface area contributed by atoms with Crippen molar-refractivity contribution < 1.29 is 9.53 Å². The Hall–Kier alpha value is -2.51. The summed E-state index contributed by atoms with van der Waals surface area (Å²) in [6.07, 6.45) is 0.656. The molecule has 1 N–H and O–H groups in total. The van der Waals surface area contributed by atoms with E-state index in [1.54, 1.807) is 31.4 Å². The number of nitrogens with zero attached hydrogens (tertiary/aromatic N) is 3. The summed E-state index contributed by atoms with van der Waals surface area (Å²) >= 11 is 7.26. The second-order valence-electron chi connectivity index (χ2n) is 5.83. The van der Waals surface area contributed by atoms with Gasteiger partial charge in [-0.15, -0.1) is 10.2 Å². The van der Waals surface area contributed by atoms with E-state index in [2.05, 4.69) is 15.5 Å². The molecule has 0 saturated carbocycles. The van der Waals surface area contributed by atoms with E-state index in [1.807, 2.05) is 35.9 Å². The summed E-state index contributed by atoms with van der Waals surface area (Å²) in [7, 11) is 3.54. The van der Waals surface area contributed by atoms with Gasteiger partial charge < -0.3 is 14.6 Å². The van der Waals surface area contributed by atoms with E-state index in [4.69, 9.17) is 16.3 Å². The van der Waals surface area contributed by atoms with Gasteiger partial charge in [-0.3, -0.25) is 4.79 Å². The van der Waals surface area contributed by atoms with Crippen molar-refractivity contribution in [3.05, 3.63) is 64.9 Å². The number of benzene rings is 2. The third kappa shape index (κ3) is 5.24. The van der Waals surface area contributed by atoms with Gasteiger partial charge >= 0.3 is 0 Å². The van der Waals surface area contributed by atoms with Crippen molar-refractivity contribution >= 4 is 35.0 Å². The number of aromatic nitrogens is 3. The molecule has 1 heterocycles. The first kappa shape index (κ1) is 19.3. The summed E-state index contributed by atoms with van der Waals surface area (Å²) in [6.45, 7) is 0. The van der Waals surface area contributed by atoms with Gasteiger partial charge in [0.05, 0.1) is 12.9 Å². The number of halogens is 1. The molecule has 0 fully saturated rings. The Balaban J connectivity index is 1.57. The van der Waals surface area contributed by atoms with Gasteiger partial charge in [-0.25, -0.2) is 0 Å². The SMILES string of the molecule is COc1ccc(Cc2nnc(SCC(=O)Nc3cccc(Cl)c3)n2C)cc1. The second kappa shape index (κ2) is 8.92. The van der Waals surface area contributed by atoms with E-state index in [9.17, 15) is 4.79 Å². The standard InChI is InChI=1S/C19H19ClN4O2S/c1-24-17(10-13-6-8-16(26-2)9-7-13)22-23-19(24)27-12-18(25)21-15-5-3-4-14(20)11-15/h3-9,11H,10,12H2,1-2H3,(H,21,25). The highest BCUT2D eigenvalue weighted by Crippen LogP contribution is 2.20. The molecule has 0 saturated heterocycles. The second-order valence-corrected chi connectivity index (χ2v) is 7.21. The lowest BCUT2D eigenvalue weighted by Crippen LogP contribution is -2.14. The Morgan fingerprint density at radius 3 is 2.70 bits per heavy atom. The molecule has 0 bridgehead atoms. The molecule has 0 atom stereocenters. The maximum absolute atomic E-state index is 12.1. The largest absolute Gasteiger partial charge is 0.497 e. The molecule has 140 valence electrons. The average molecular weight is 403 g/mol. The fourth-order valence-corrected chi connectivity index (χ4v) is 3.36. The highest BCUT2D eigenvalue weighted by molar-refractivity contribution is 7.99. The van der Waals surface area contributed by atoms with Crippen LogP contribution in [0, 0.1) is 0 Å². The molecule has 0 aliphatic heterocycles. The number of amides is 1. The minimum absolute atomic E-state index is 0.123. The first-order valence-electron chi connectivity index (χ1n) is 8.24. The molecule has 1 amide bonds. The molecule has 27 heavy (non-hydrogen) atoms. The molecule has 0 unspecified atom stereocenters. The lowest BCUT2D eigenvalue weighted by atomic mass is 10.1. The highest BCUT2D eigenvalue weighted by Gasteiger charge is 2.12. The fraction of sp³-hybridized carbons (Fsp3) is 0.211. The van der Waals surface area contributed by atoms with Crippen molar-refractivity contribution in [1.82, 2.24) is 14.8 Å². The van der Waals surface area contributed by atoms with Crippen LogP contribution in [0.25, 0.3) is 0 Å². The topological polar surface area (TPSA) is 69.0 Å². The van der Waals surface area contributed by atoms with Crippen LogP contribution in [-0.4, -0.2) is 33.5 Å². The molecule has 3 rings (SSSR count). The Morgan fingerprint density at radius 2 is 2.00 bits per heavy atom. The van der Waals surface area contributed by atoms with Gasteiger partial charge in [0, 0.05) is 24.2 Å². The van der Waals surface area contributed by atoms with E-state index in [0.717, 1.165) is 17.1 Å². The number of ether oxygens (including phenoxy) is 1. The lowest BCUT2D eigenvalue weighted by Gasteiger charge is -2.06. The molecule has 0 radical (unpaired) electrons. The van der Waals surface area contributed by atoms with Crippen LogP contribution in [0.2, 0.25) is 5.02 Å². The summed E-state index contributed by atoms with van der Waals surface area (Å²) in [5, 5.41) is 12.5. The fourth-order valence-electron chi connectivity index (χ4n) is 2.44. The molecule has 2 aromatic carbocycles. The van der Waals surface area contributed by atoms with Crippen molar-refractivity contribution in [2.45, 2.75) is 11.6 Å². The zero-order valence-electron chi connectivity index (χ0n) is 15.0. The van der Waals surface area contributed by atoms with Crippen molar-refractivity contribution in [2.75, 3.05) is 18.2 Å². The molecule has 1 aromatic heterocycles. The zero-order valence-corrected chi connectivity index (χ0v) is 16.5. The Bertz CT molecular complexity index is 928. The molecule has 0 aliphatic carbocycles. The first-order valence-corrected chi connectivity index (χ1v) is 9.61. The quantitative estimate of drug-likeness (QED) is 0.609. The smallest absolute Gasteiger partial charge is 0.234 e. The molecule has 8 heteroatoms. The predicted molar refractivity (Wildman–Crippen MR) is 108 cm³/mol. The van der Waals surface area contributed by atoms with Crippen LogP contribution in [-0.2, 0) is 18.3 Å². The minimum Gasteiger partial charge on any atom is -0.497 e. The third-order valence-electron chi connectivity index (χ3n) is 3.89. The summed E-state index contributed by atoms with van der Waals surface area (Å²) in [5.74, 6) is 1.76. The normalized spacial score (nSPS) is 10.6. The maximum Gasteiger partial charge on any atom is 0.234 e. The third-order valence-corrected chi connectivity index (χ3v) is 5.14. The van der Waals surface area contributed by atoms with Crippen LogP contribution < -0.4 is 10.1 Å². The van der Waals surface area contributed by atoms with Gasteiger partial charge in [-0.2, -0.15) is 0 Å². The molecule has 0 aliphatic rings. The van der Waals surface area contributed by atoms with Gasteiger partial charge in [0.25, 0.3) is 0 Å². The lowest BCUT2D eigenvalue weighted by molar-refractivity contribution is -0.113. The predicted octanol–water partition coefficient (Wildman–Crippen LogP) is 3.80. The van der Waals surface area contributed by atoms with Crippen LogP contribution in [0.5, 0.6) is 5.75 Å². The van der Waals surface area contributed by atoms with Crippen LogP contribution >= 0.6 is 23.4 Å².